The van der Waals surface area contributed by atoms with Gasteiger partial charge in [0.05, 0.1) is 22.6 Å². The summed E-state index contributed by atoms with van der Waals surface area (Å²) in [6, 6.07) is 7.45. The lowest BCUT2D eigenvalue weighted by molar-refractivity contribution is 0.0722. The van der Waals surface area contributed by atoms with E-state index in [4.69, 9.17) is 9.51 Å². The van der Waals surface area contributed by atoms with Crippen molar-refractivity contribution < 1.29 is 9.32 Å². The molecule has 2 aromatic heterocycles. The number of carbonyl (C=O) groups is 1. The molecule has 0 radical (unpaired) electrons. The number of benzene rings is 1. The zero-order valence-electron chi connectivity index (χ0n) is 17.4. The summed E-state index contributed by atoms with van der Waals surface area (Å²) in [5, 5.41) is 4.60. The average Bonchev–Trinajstić information content (AvgIpc) is 3.49. The normalized spacial score (nSPS) is 19.8. The lowest BCUT2D eigenvalue weighted by Gasteiger charge is -2.28. The molecule has 1 saturated carbocycles. The fourth-order valence-electron chi connectivity index (χ4n) is 5.12. The van der Waals surface area contributed by atoms with Crippen LogP contribution in [0.25, 0.3) is 10.9 Å². The van der Waals surface area contributed by atoms with Crippen LogP contribution in [0.4, 0.5) is 0 Å². The summed E-state index contributed by atoms with van der Waals surface area (Å²) in [7, 11) is 0. The molecule has 30 heavy (non-hydrogen) atoms. The van der Waals surface area contributed by atoms with Gasteiger partial charge in [-0.05, 0) is 51.7 Å². The third-order valence-corrected chi connectivity index (χ3v) is 6.58. The molecule has 1 aliphatic heterocycles. The van der Waals surface area contributed by atoms with Crippen LogP contribution in [0.1, 0.15) is 78.2 Å². The summed E-state index contributed by atoms with van der Waals surface area (Å²) in [5.41, 5.74) is 1.84. The Morgan fingerprint density at radius 3 is 2.60 bits per heavy atom. The summed E-state index contributed by atoms with van der Waals surface area (Å²) >= 11 is 0. The molecule has 0 N–H and O–H groups in total. The molecule has 1 aliphatic carbocycles. The minimum absolute atomic E-state index is 0.0131. The van der Waals surface area contributed by atoms with Gasteiger partial charge in [0.25, 0.3) is 11.5 Å². The molecule has 7 heteroatoms. The van der Waals surface area contributed by atoms with E-state index in [-0.39, 0.29) is 23.6 Å². The van der Waals surface area contributed by atoms with Gasteiger partial charge in [-0.25, -0.2) is 4.98 Å². The van der Waals surface area contributed by atoms with Crippen molar-refractivity contribution in [3.8, 4) is 0 Å². The average molecular weight is 406 g/mol. The summed E-state index contributed by atoms with van der Waals surface area (Å²) in [6.07, 6.45) is 5.89. The monoisotopic (exact) mass is 406 g/mol. The fraction of sp³-hybridized carbons (Fsp3) is 0.478. The predicted molar refractivity (Wildman–Crippen MR) is 112 cm³/mol. The summed E-state index contributed by atoms with van der Waals surface area (Å²) in [5.74, 6) is 1.17. The van der Waals surface area contributed by atoms with Gasteiger partial charge in [-0.1, -0.05) is 30.1 Å². The maximum atomic E-state index is 13.5. The first-order valence-corrected chi connectivity index (χ1v) is 10.8. The van der Waals surface area contributed by atoms with Gasteiger partial charge in [0.2, 0.25) is 0 Å². The topological polar surface area (TPSA) is 81.2 Å². The Labute approximate surface area is 174 Å². The van der Waals surface area contributed by atoms with E-state index >= 15 is 0 Å². The smallest absolute Gasteiger partial charge is 0.261 e. The molecule has 1 saturated heterocycles. The second-order valence-corrected chi connectivity index (χ2v) is 8.46. The van der Waals surface area contributed by atoms with Gasteiger partial charge in [-0.2, -0.15) is 0 Å². The van der Waals surface area contributed by atoms with Crippen LogP contribution in [0.5, 0.6) is 0 Å². The number of para-hydroxylation sites is 1. The van der Waals surface area contributed by atoms with Crippen LogP contribution in [0, 0.1) is 13.8 Å². The highest BCUT2D eigenvalue weighted by atomic mass is 16.5. The number of likely N-dealkylation sites (tertiary alicyclic amines) is 1. The number of hydrogen-bond donors (Lipinski definition) is 0. The quantitative estimate of drug-likeness (QED) is 0.654. The number of amides is 1. The highest BCUT2D eigenvalue weighted by Gasteiger charge is 2.37. The lowest BCUT2D eigenvalue weighted by Crippen LogP contribution is -2.37. The number of hydrogen-bond acceptors (Lipinski definition) is 5. The van der Waals surface area contributed by atoms with Gasteiger partial charge in [-0.15, -0.1) is 0 Å². The molecule has 3 aromatic rings. The molecule has 1 atom stereocenters. The van der Waals surface area contributed by atoms with Gasteiger partial charge in [0, 0.05) is 12.6 Å². The van der Waals surface area contributed by atoms with E-state index < -0.39 is 0 Å². The van der Waals surface area contributed by atoms with Crippen molar-refractivity contribution in [1.29, 1.82) is 0 Å². The second kappa shape index (κ2) is 7.38. The van der Waals surface area contributed by atoms with E-state index in [0.29, 0.717) is 34.5 Å². The van der Waals surface area contributed by atoms with Crippen LogP contribution in [-0.4, -0.2) is 32.1 Å². The number of rotatable bonds is 3. The molecule has 5 rings (SSSR count). The molecule has 1 amide bonds. The summed E-state index contributed by atoms with van der Waals surface area (Å²) in [6.45, 7) is 4.19. The molecule has 0 spiro atoms. The van der Waals surface area contributed by atoms with Crippen LogP contribution in [0.2, 0.25) is 0 Å². The Bertz CT molecular complexity index is 1150. The second-order valence-electron chi connectivity index (χ2n) is 8.46. The van der Waals surface area contributed by atoms with Crippen molar-refractivity contribution in [3.63, 3.8) is 0 Å². The van der Waals surface area contributed by atoms with Crippen LogP contribution in [0.15, 0.2) is 33.6 Å². The predicted octanol–water partition coefficient (Wildman–Crippen LogP) is 4.09. The molecule has 3 heterocycles. The highest BCUT2D eigenvalue weighted by molar-refractivity contribution is 5.96. The van der Waals surface area contributed by atoms with E-state index in [9.17, 15) is 9.59 Å². The van der Waals surface area contributed by atoms with Crippen LogP contribution >= 0.6 is 0 Å². The van der Waals surface area contributed by atoms with Crippen molar-refractivity contribution in [2.45, 2.75) is 64.5 Å². The lowest BCUT2D eigenvalue weighted by atomic mass is 10.1. The van der Waals surface area contributed by atoms with Gasteiger partial charge in [-0.3, -0.25) is 14.2 Å². The van der Waals surface area contributed by atoms with E-state index in [0.717, 1.165) is 44.3 Å². The van der Waals surface area contributed by atoms with Gasteiger partial charge in [0.15, 0.2) is 0 Å². The molecule has 1 aromatic carbocycles. The molecular weight excluding hydrogens is 380 g/mol. The molecule has 0 bridgehead atoms. The third-order valence-electron chi connectivity index (χ3n) is 6.58. The van der Waals surface area contributed by atoms with Gasteiger partial charge >= 0.3 is 0 Å². The fourth-order valence-corrected chi connectivity index (χ4v) is 5.12. The SMILES string of the molecule is Cc1noc(C)c1C(=O)N1CCCC1c1nc2ccccc2c(=O)n1C1CCCC1. The number of fused-ring (bicyclic) bond motifs is 1. The number of aryl methyl sites for hydroxylation is 2. The first kappa shape index (κ1) is 19.0. The van der Waals surface area contributed by atoms with Crippen molar-refractivity contribution in [3.05, 3.63) is 57.5 Å². The summed E-state index contributed by atoms with van der Waals surface area (Å²) in [4.78, 5) is 33.7. The maximum absolute atomic E-state index is 13.5. The molecule has 2 fully saturated rings. The largest absolute Gasteiger partial charge is 0.361 e. The van der Waals surface area contributed by atoms with Crippen LogP contribution in [-0.2, 0) is 0 Å². The Hall–Kier alpha value is -2.96. The Morgan fingerprint density at radius 1 is 1.10 bits per heavy atom. The number of aromatic nitrogens is 3. The molecule has 1 unspecified atom stereocenters. The molecule has 7 nitrogen and oxygen atoms in total. The van der Waals surface area contributed by atoms with Crippen molar-refractivity contribution >= 4 is 16.8 Å². The first-order chi connectivity index (χ1) is 14.6. The van der Waals surface area contributed by atoms with E-state index in [1.807, 2.05) is 33.7 Å². The minimum Gasteiger partial charge on any atom is -0.361 e. The van der Waals surface area contributed by atoms with E-state index in [2.05, 4.69) is 5.16 Å². The zero-order chi connectivity index (χ0) is 20.8. The number of carbonyl (C=O) groups excluding carboxylic acids is 1. The van der Waals surface area contributed by atoms with Crippen molar-refractivity contribution in [1.82, 2.24) is 19.6 Å². The Morgan fingerprint density at radius 2 is 1.87 bits per heavy atom. The Kier molecular flexibility index (Phi) is 4.68. The zero-order valence-corrected chi connectivity index (χ0v) is 17.4. The van der Waals surface area contributed by atoms with Gasteiger partial charge in [0.1, 0.15) is 17.1 Å². The molecular formula is C23H26N4O3. The maximum Gasteiger partial charge on any atom is 0.261 e. The van der Waals surface area contributed by atoms with E-state index in [1.54, 1.807) is 13.8 Å². The standard InChI is InChI=1S/C23H26N4O3/c1-14-20(15(2)30-25-14)23(29)26-13-7-12-19(26)21-24-18-11-6-5-10-17(18)22(28)27(21)16-8-3-4-9-16/h5-6,10-11,16,19H,3-4,7-9,12-13H2,1-2H3. The minimum atomic E-state index is -0.218. The molecule has 156 valence electrons. The first-order valence-electron chi connectivity index (χ1n) is 10.8. The van der Waals surface area contributed by atoms with Gasteiger partial charge < -0.3 is 9.42 Å². The number of nitrogens with zero attached hydrogens (tertiary/aromatic N) is 4. The summed E-state index contributed by atoms with van der Waals surface area (Å²) < 4.78 is 7.13. The van der Waals surface area contributed by atoms with Crippen molar-refractivity contribution in [2.75, 3.05) is 6.54 Å². The molecule has 2 aliphatic rings. The Balaban J connectivity index is 1.65. The highest BCUT2D eigenvalue weighted by Crippen LogP contribution is 2.37. The third kappa shape index (κ3) is 2.95. The van der Waals surface area contributed by atoms with Crippen LogP contribution in [0.3, 0.4) is 0 Å². The van der Waals surface area contributed by atoms with Crippen LogP contribution < -0.4 is 5.56 Å². The van der Waals surface area contributed by atoms with E-state index in [1.165, 1.54) is 0 Å². The van der Waals surface area contributed by atoms with Crippen molar-refractivity contribution in [2.24, 2.45) is 0 Å².